The highest BCUT2D eigenvalue weighted by Gasteiger charge is 2.11. The highest BCUT2D eigenvalue weighted by Crippen LogP contribution is 2.19. The fraction of sp³-hybridized carbons (Fsp3) is 0.250. The van der Waals surface area contributed by atoms with Gasteiger partial charge >= 0.3 is 0 Å². The minimum Gasteiger partial charge on any atom is -0.381 e. The molecule has 0 aliphatic heterocycles. The van der Waals surface area contributed by atoms with Crippen LogP contribution >= 0.6 is 0 Å². The van der Waals surface area contributed by atoms with Crippen molar-refractivity contribution >= 4 is 17.3 Å². The number of hydrogen-bond acceptors (Lipinski definition) is 4. The number of nitrogens with one attached hydrogen (secondary N) is 2. The van der Waals surface area contributed by atoms with E-state index >= 15 is 0 Å². The molecule has 1 aromatic carbocycles. The van der Waals surface area contributed by atoms with Gasteiger partial charge in [0.05, 0.1) is 17.6 Å². The standard InChI is InChI=1S/C20H23N5O/c1-14(2)19-16(13-25(3)24-19)11-22-17-8-6-15(7-9-17)20(26)23-18-5-4-10-21-12-18/h4-10,12-14,22H,11H2,1-3H3,(H,23,26). The average molecular weight is 349 g/mol. The first-order chi connectivity index (χ1) is 12.5. The molecule has 0 fully saturated rings. The SMILES string of the molecule is CC(C)c1nn(C)cc1CNc1ccc(C(=O)Nc2cccnc2)cc1. The third-order valence-electron chi connectivity index (χ3n) is 4.03. The molecule has 2 aromatic heterocycles. The Labute approximate surface area is 153 Å². The van der Waals surface area contributed by atoms with Gasteiger partial charge in [0.1, 0.15) is 0 Å². The van der Waals surface area contributed by atoms with Crippen LogP contribution in [0.1, 0.15) is 41.4 Å². The minimum absolute atomic E-state index is 0.154. The van der Waals surface area contributed by atoms with Gasteiger partial charge in [-0.2, -0.15) is 5.10 Å². The summed E-state index contributed by atoms with van der Waals surface area (Å²) in [7, 11) is 1.94. The highest BCUT2D eigenvalue weighted by molar-refractivity contribution is 6.04. The number of amides is 1. The number of aryl methyl sites for hydroxylation is 1. The van der Waals surface area contributed by atoms with Crippen LogP contribution < -0.4 is 10.6 Å². The van der Waals surface area contributed by atoms with E-state index in [0.717, 1.165) is 11.4 Å². The van der Waals surface area contributed by atoms with Crippen molar-refractivity contribution in [1.82, 2.24) is 14.8 Å². The summed E-state index contributed by atoms with van der Waals surface area (Å²) in [4.78, 5) is 16.2. The van der Waals surface area contributed by atoms with Gasteiger partial charge in [-0.3, -0.25) is 14.5 Å². The number of hydrogen-bond donors (Lipinski definition) is 2. The Morgan fingerprint density at radius 1 is 1.15 bits per heavy atom. The van der Waals surface area contributed by atoms with E-state index in [1.54, 1.807) is 36.7 Å². The molecule has 0 atom stereocenters. The first kappa shape index (κ1) is 17.7. The van der Waals surface area contributed by atoms with Crippen LogP contribution in [0.4, 0.5) is 11.4 Å². The van der Waals surface area contributed by atoms with E-state index in [4.69, 9.17) is 0 Å². The molecule has 3 aromatic rings. The van der Waals surface area contributed by atoms with Crippen molar-refractivity contribution in [2.24, 2.45) is 7.05 Å². The van der Waals surface area contributed by atoms with Crippen molar-refractivity contribution in [2.75, 3.05) is 10.6 Å². The second-order valence-corrected chi connectivity index (χ2v) is 6.49. The Bertz CT molecular complexity index is 869. The van der Waals surface area contributed by atoms with Gasteiger partial charge in [-0.15, -0.1) is 0 Å². The number of nitrogens with zero attached hydrogens (tertiary/aromatic N) is 3. The third-order valence-corrected chi connectivity index (χ3v) is 4.03. The van der Waals surface area contributed by atoms with Crippen molar-refractivity contribution in [1.29, 1.82) is 0 Å². The van der Waals surface area contributed by atoms with Crippen LogP contribution in [0.2, 0.25) is 0 Å². The number of aromatic nitrogens is 3. The summed E-state index contributed by atoms with van der Waals surface area (Å²) in [6.07, 6.45) is 5.33. The van der Waals surface area contributed by atoms with Gasteiger partial charge in [0.25, 0.3) is 5.91 Å². The van der Waals surface area contributed by atoms with Crippen LogP contribution in [0.15, 0.2) is 55.0 Å². The van der Waals surface area contributed by atoms with Gasteiger partial charge < -0.3 is 10.6 Å². The van der Waals surface area contributed by atoms with Gasteiger partial charge in [-0.05, 0) is 42.3 Å². The number of pyridine rings is 1. The van der Waals surface area contributed by atoms with E-state index < -0.39 is 0 Å². The first-order valence-electron chi connectivity index (χ1n) is 8.60. The molecule has 3 rings (SSSR count). The van der Waals surface area contributed by atoms with Crippen LogP contribution in [0.3, 0.4) is 0 Å². The summed E-state index contributed by atoms with van der Waals surface area (Å²) in [5, 5.41) is 10.7. The Hall–Kier alpha value is -3.15. The van der Waals surface area contributed by atoms with Crippen molar-refractivity contribution in [3.05, 3.63) is 71.8 Å². The maximum atomic E-state index is 12.3. The van der Waals surface area contributed by atoms with Crippen LogP contribution in [-0.4, -0.2) is 20.7 Å². The Kier molecular flexibility index (Phi) is 5.31. The lowest BCUT2D eigenvalue weighted by molar-refractivity contribution is 0.102. The van der Waals surface area contributed by atoms with Gasteiger partial charge in [0, 0.05) is 42.8 Å². The molecule has 6 nitrogen and oxygen atoms in total. The Morgan fingerprint density at radius 3 is 2.58 bits per heavy atom. The zero-order valence-corrected chi connectivity index (χ0v) is 15.2. The zero-order valence-electron chi connectivity index (χ0n) is 15.2. The fourth-order valence-corrected chi connectivity index (χ4v) is 2.75. The van der Waals surface area contributed by atoms with Crippen LogP contribution in [0, 0.1) is 0 Å². The number of anilines is 2. The summed E-state index contributed by atoms with van der Waals surface area (Å²) >= 11 is 0. The van der Waals surface area contributed by atoms with Gasteiger partial charge in [0.2, 0.25) is 0 Å². The summed E-state index contributed by atoms with van der Waals surface area (Å²) in [5.74, 6) is 0.227. The summed E-state index contributed by atoms with van der Waals surface area (Å²) in [6.45, 7) is 4.98. The molecular weight excluding hydrogens is 326 g/mol. The predicted octanol–water partition coefficient (Wildman–Crippen LogP) is 3.80. The van der Waals surface area contributed by atoms with Gasteiger partial charge in [0.15, 0.2) is 0 Å². The Balaban J connectivity index is 1.62. The molecule has 1 amide bonds. The number of carbonyl (C=O) groups excluding carboxylic acids is 1. The summed E-state index contributed by atoms with van der Waals surface area (Å²) in [6, 6.07) is 11.0. The molecule has 2 heterocycles. The second kappa shape index (κ2) is 7.82. The average Bonchev–Trinajstić information content (AvgIpc) is 3.02. The lowest BCUT2D eigenvalue weighted by Gasteiger charge is -2.09. The monoisotopic (exact) mass is 349 g/mol. The maximum absolute atomic E-state index is 12.3. The molecule has 0 radical (unpaired) electrons. The van der Waals surface area contributed by atoms with E-state index in [2.05, 4.69) is 34.6 Å². The molecule has 0 unspecified atom stereocenters. The molecule has 0 aliphatic carbocycles. The van der Waals surface area contributed by atoms with Crippen LogP contribution in [0.5, 0.6) is 0 Å². The van der Waals surface area contributed by atoms with Crippen LogP contribution in [-0.2, 0) is 13.6 Å². The van der Waals surface area contributed by atoms with E-state index in [1.165, 1.54) is 5.56 Å². The highest BCUT2D eigenvalue weighted by atomic mass is 16.1. The maximum Gasteiger partial charge on any atom is 0.255 e. The molecule has 0 spiro atoms. The number of rotatable bonds is 6. The molecular formula is C20H23N5O. The number of benzene rings is 1. The van der Waals surface area contributed by atoms with Crippen molar-refractivity contribution in [2.45, 2.75) is 26.3 Å². The predicted molar refractivity (Wildman–Crippen MR) is 103 cm³/mol. The normalized spacial score (nSPS) is 10.8. The second-order valence-electron chi connectivity index (χ2n) is 6.49. The topological polar surface area (TPSA) is 71.8 Å². The van der Waals surface area contributed by atoms with Gasteiger partial charge in [-0.25, -0.2) is 0 Å². The molecule has 0 saturated heterocycles. The quantitative estimate of drug-likeness (QED) is 0.710. The van der Waals surface area contributed by atoms with E-state index in [1.807, 2.05) is 30.1 Å². The number of carbonyl (C=O) groups is 1. The lowest BCUT2D eigenvalue weighted by Crippen LogP contribution is -2.12. The molecule has 134 valence electrons. The fourth-order valence-electron chi connectivity index (χ4n) is 2.75. The lowest BCUT2D eigenvalue weighted by atomic mass is 10.1. The van der Waals surface area contributed by atoms with Crippen molar-refractivity contribution in [3.8, 4) is 0 Å². The molecule has 2 N–H and O–H groups in total. The van der Waals surface area contributed by atoms with Gasteiger partial charge in [-0.1, -0.05) is 13.8 Å². The molecule has 26 heavy (non-hydrogen) atoms. The van der Waals surface area contributed by atoms with E-state index in [9.17, 15) is 4.79 Å². The minimum atomic E-state index is -0.154. The van der Waals surface area contributed by atoms with E-state index in [-0.39, 0.29) is 5.91 Å². The summed E-state index contributed by atoms with van der Waals surface area (Å²) < 4.78 is 1.85. The van der Waals surface area contributed by atoms with Crippen molar-refractivity contribution in [3.63, 3.8) is 0 Å². The largest absolute Gasteiger partial charge is 0.381 e. The molecule has 6 heteroatoms. The van der Waals surface area contributed by atoms with Crippen molar-refractivity contribution < 1.29 is 4.79 Å². The van der Waals surface area contributed by atoms with E-state index in [0.29, 0.717) is 23.7 Å². The molecule has 0 bridgehead atoms. The molecule has 0 aliphatic rings. The summed E-state index contributed by atoms with van der Waals surface area (Å²) in [5.41, 5.74) is 4.52. The smallest absolute Gasteiger partial charge is 0.255 e. The molecule has 0 saturated carbocycles. The Morgan fingerprint density at radius 2 is 1.92 bits per heavy atom. The first-order valence-corrected chi connectivity index (χ1v) is 8.60. The zero-order chi connectivity index (χ0) is 18.5. The van der Waals surface area contributed by atoms with Crippen LogP contribution in [0.25, 0.3) is 0 Å². The third kappa shape index (κ3) is 4.27.